The van der Waals surface area contributed by atoms with Crippen LogP contribution in [0.25, 0.3) is 0 Å². The lowest BCUT2D eigenvalue weighted by Crippen LogP contribution is -2.15. The van der Waals surface area contributed by atoms with E-state index in [2.05, 4.69) is 21.2 Å². The van der Waals surface area contributed by atoms with Crippen LogP contribution in [0.1, 0.15) is 15.9 Å². The molecule has 0 aliphatic carbocycles. The van der Waals surface area contributed by atoms with Gasteiger partial charge in [-0.15, -0.1) is 0 Å². The molecule has 0 bridgehead atoms. The van der Waals surface area contributed by atoms with Crippen molar-refractivity contribution in [3.05, 3.63) is 63.9 Å². The van der Waals surface area contributed by atoms with Crippen molar-refractivity contribution in [2.45, 2.75) is 6.42 Å². The van der Waals surface area contributed by atoms with Crippen LogP contribution in [-0.4, -0.2) is 17.0 Å². The largest absolute Gasteiger partial charge is 0.478 e. The molecule has 21 heavy (non-hydrogen) atoms. The minimum atomic E-state index is -1.09. The van der Waals surface area contributed by atoms with Crippen LogP contribution in [-0.2, 0) is 11.2 Å². The van der Waals surface area contributed by atoms with Crippen LogP contribution in [0.5, 0.6) is 0 Å². The number of halogens is 2. The fourth-order valence-corrected chi connectivity index (χ4v) is 2.18. The van der Waals surface area contributed by atoms with Gasteiger partial charge in [-0.2, -0.15) is 0 Å². The van der Waals surface area contributed by atoms with Crippen LogP contribution < -0.4 is 5.32 Å². The van der Waals surface area contributed by atoms with Gasteiger partial charge in [0.05, 0.1) is 12.0 Å². The molecule has 0 heterocycles. The average molecular weight is 352 g/mol. The lowest BCUT2D eigenvalue weighted by molar-refractivity contribution is -0.115. The molecule has 0 spiro atoms. The fourth-order valence-electron chi connectivity index (χ4n) is 1.76. The highest BCUT2D eigenvalue weighted by atomic mass is 79.9. The number of amides is 1. The third-order valence-electron chi connectivity index (χ3n) is 2.76. The molecule has 0 atom stereocenters. The molecule has 1 amide bonds. The van der Waals surface area contributed by atoms with E-state index >= 15 is 0 Å². The van der Waals surface area contributed by atoms with Gasteiger partial charge in [-0.05, 0) is 51.8 Å². The van der Waals surface area contributed by atoms with Crippen molar-refractivity contribution >= 4 is 33.5 Å². The highest BCUT2D eigenvalue weighted by Gasteiger charge is 2.11. The van der Waals surface area contributed by atoms with Crippen molar-refractivity contribution in [2.75, 3.05) is 5.32 Å². The number of carbonyl (C=O) groups excluding carboxylic acids is 1. The molecule has 0 radical (unpaired) electrons. The van der Waals surface area contributed by atoms with E-state index in [1.54, 1.807) is 12.1 Å². The molecule has 2 N–H and O–H groups in total. The predicted molar refractivity (Wildman–Crippen MR) is 79.8 cm³/mol. The Kier molecular flexibility index (Phi) is 4.70. The third kappa shape index (κ3) is 4.13. The first-order valence-electron chi connectivity index (χ1n) is 6.03. The Balaban J connectivity index is 2.07. The van der Waals surface area contributed by atoms with E-state index in [-0.39, 0.29) is 23.7 Å². The molecular formula is C15H11BrFNO3. The summed E-state index contributed by atoms with van der Waals surface area (Å²) in [6.45, 7) is 0. The van der Waals surface area contributed by atoms with Gasteiger partial charge < -0.3 is 10.4 Å². The van der Waals surface area contributed by atoms with E-state index in [0.717, 1.165) is 0 Å². The second-order valence-electron chi connectivity index (χ2n) is 4.35. The van der Waals surface area contributed by atoms with E-state index in [0.29, 0.717) is 15.7 Å². The van der Waals surface area contributed by atoms with Gasteiger partial charge in [0.25, 0.3) is 0 Å². The number of rotatable bonds is 4. The highest BCUT2D eigenvalue weighted by Crippen LogP contribution is 2.21. The zero-order valence-electron chi connectivity index (χ0n) is 10.8. The third-order valence-corrected chi connectivity index (χ3v) is 3.45. The van der Waals surface area contributed by atoms with Crippen LogP contribution in [0.3, 0.4) is 0 Å². The standard InChI is InChI=1S/C15H11BrFNO3/c16-13-6-5-11(8-12(13)15(20)21)18-14(19)7-9-1-3-10(17)4-2-9/h1-6,8H,7H2,(H,18,19)(H,20,21). The number of carboxylic acid groups (broad SMARTS) is 1. The highest BCUT2D eigenvalue weighted by molar-refractivity contribution is 9.10. The Morgan fingerprint density at radius 3 is 2.43 bits per heavy atom. The molecule has 6 heteroatoms. The molecule has 0 saturated heterocycles. The number of aromatic carboxylic acids is 1. The maximum atomic E-state index is 12.8. The second kappa shape index (κ2) is 6.49. The molecule has 0 saturated carbocycles. The Morgan fingerprint density at radius 1 is 1.14 bits per heavy atom. The average Bonchev–Trinajstić information content (AvgIpc) is 2.43. The molecule has 0 unspecified atom stereocenters. The summed E-state index contributed by atoms with van der Waals surface area (Å²) in [7, 11) is 0. The molecule has 2 aromatic rings. The van der Waals surface area contributed by atoms with E-state index in [1.807, 2.05) is 0 Å². The zero-order chi connectivity index (χ0) is 15.4. The van der Waals surface area contributed by atoms with Crippen molar-refractivity contribution in [3.63, 3.8) is 0 Å². The maximum absolute atomic E-state index is 12.8. The minimum Gasteiger partial charge on any atom is -0.478 e. The topological polar surface area (TPSA) is 66.4 Å². The normalized spacial score (nSPS) is 10.2. The SMILES string of the molecule is O=C(Cc1ccc(F)cc1)Nc1ccc(Br)c(C(=O)O)c1. The molecule has 2 aromatic carbocycles. The molecule has 0 aliphatic rings. The van der Waals surface area contributed by atoms with Crippen molar-refractivity contribution in [3.8, 4) is 0 Å². The Morgan fingerprint density at radius 2 is 1.81 bits per heavy atom. The number of hydrogen-bond acceptors (Lipinski definition) is 2. The van der Waals surface area contributed by atoms with Crippen molar-refractivity contribution in [1.29, 1.82) is 0 Å². The number of anilines is 1. The van der Waals surface area contributed by atoms with E-state index in [9.17, 15) is 14.0 Å². The summed E-state index contributed by atoms with van der Waals surface area (Å²) in [4.78, 5) is 22.9. The number of carboxylic acids is 1. The van der Waals surface area contributed by atoms with Crippen LogP contribution >= 0.6 is 15.9 Å². The van der Waals surface area contributed by atoms with Gasteiger partial charge in [0, 0.05) is 10.2 Å². The van der Waals surface area contributed by atoms with E-state index in [1.165, 1.54) is 30.3 Å². The van der Waals surface area contributed by atoms with Crippen LogP contribution in [0.4, 0.5) is 10.1 Å². The summed E-state index contributed by atoms with van der Waals surface area (Å²) >= 11 is 3.13. The monoisotopic (exact) mass is 351 g/mol. The summed E-state index contributed by atoms with van der Waals surface area (Å²) in [6, 6.07) is 10.1. The summed E-state index contributed by atoms with van der Waals surface area (Å²) in [5.74, 6) is -1.75. The van der Waals surface area contributed by atoms with Crippen LogP contribution in [0, 0.1) is 5.82 Å². The molecular weight excluding hydrogens is 341 g/mol. The first-order chi connectivity index (χ1) is 9.95. The Bertz CT molecular complexity index is 686. The van der Waals surface area contributed by atoms with Crippen LogP contribution in [0.2, 0.25) is 0 Å². The summed E-state index contributed by atoms with van der Waals surface area (Å²) in [5, 5.41) is 11.6. The van der Waals surface area contributed by atoms with Crippen molar-refractivity contribution in [1.82, 2.24) is 0 Å². The van der Waals surface area contributed by atoms with Crippen LogP contribution in [0.15, 0.2) is 46.9 Å². The molecule has 0 fully saturated rings. The van der Waals surface area contributed by atoms with Gasteiger partial charge in [0.1, 0.15) is 5.82 Å². The number of carbonyl (C=O) groups is 2. The first-order valence-corrected chi connectivity index (χ1v) is 6.82. The number of hydrogen-bond donors (Lipinski definition) is 2. The zero-order valence-corrected chi connectivity index (χ0v) is 12.4. The lowest BCUT2D eigenvalue weighted by Gasteiger charge is -2.07. The quantitative estimate of drug-likeness (QED) is 0.886. The number of benzene rings is 2. The Labute approximate surface area is 128 Å². The summed E-state index contributed by atoms with van der Waals surface area (Å²) in [5.41, 5.74) is 1.13. The smallest absolute Gasteiger partial charge is 0.336 e. The summed E-state index contributed by atoms with van der Waals surface area (Å²) in [6.07, 6.45) is 0.0821. The fraction of sp³-hybridized carbons (Fsp3) is 0.0667. The molecule has 108 valence electrons. The number of nitrogens with one attached hydrogen (secondary N) is 1. The molecule has 0 aromatic heterocycles. The predicted octanol–water partition coefficient (Wildman–Crippen LogP) is 3.47. The summed E-state index contributed by atoms with van der Waals surface area (Å²) < 4.78 is 13.2. The van der Waals surface area contributed by atoms with E-state index in [4.69, 9.17) is 5.11 Å². The van der Waals surface area contributed by atoms with E-state index < -0.39 is 5.97 Å². The van der Waals surface area contributed by atoms with Gasteiger partial charge in [0.15, 0.2) is 0 Å². The second-order valence-corrected chi connectivity index (χ2v) is 5.21. The minimum absolute atomic E-state index is 0.0644. The lowest BCUT2D eigenvalue weighted by atomic mass is 10.1. The van der Waals surface area contributed by atoms with Gasteiger partial charge in [0.2, 0.25) is 5.91 Å². The molecule has 2 rings (SSSR count). The van der Waals surface area contributed by atoms with Gasteiger partial charge in [-0.3, -0.25) is 4.79 Å². The Hall–Kier alpha value is -2.21. The van der Waals surface area contributed by atoms with Gasteiger partial charge >= 0.3 is 5.97 Å². The van der Waals surface area contributed by atoms with Gasteiger partial charge in [-0.1, -0.05) is 12.1 Å². The van der Waals surface area contributed by atoms with Gasteiger partial charge in [-0.25, -0.2) is 9.18 Å². The molecule has 4 nitrogen and oxygen atoms in total. The maximum Gasteiger partial charge on any atom is 0.336 e. The molecule has 0 aliphatic heterocycles. The first kappa shape index (κ1) is 15.2. The van der Waals surface area contributed by atoms with Crippen molar-refractivity contribution in [2.24, 2.45) is 0 Å². The van der Waals surface area contributed by atoms with Crippen molar-refractivity contribution < 1.29 is 19.1 Å².